The van der Waals surface area contributed by atoms with Crippen molar-refractivity contribution in [3.05, 3.63) is 0 Å². The third-order valence-corrected chi connectivity index (χ3v) is 6.52. The van der Waals surface area contributed by atoms with Crippen LogP contribution in [-0.4, -0.2) is 37.1 Å². The highest BCUT2D eigenvalue weighted by Crippen LogP contribution is 2.60. The molecule has 1 heterocycles. The number of ether oxygens (including phenoxy) is 1. The van der Waals surface area contributed by atoms with E-state index in [1.54, 1.807) is 0 Å². The molecule has 0 spiro atoms. The summed E-state index contributed by atoms with van der Waals surface area (Å²) in [6, 6.07) is 0. The summed E-state index contributed by atoms with van der Waals surface area (Å²) in [7, 11) is 0. The average molecular weight is 291 g/mol. The summed E-state index contributed by atoms with van der Waals surface area (Å²) in [5.41, 5.74) is -0.0671. The van der Waals surface area contributed by atoms with Crippen LogP contribution in [0.1, 0.15) is 57.8 Å². The van der Waals surface area contributed by atoms with Gasteiger partial charge in [0.15, 0.2) is 0 Å². The smallest absolute Gasteiger partial charge is 0.312 e. The van der Waals surface area contributed by atoms with Crippen LogP contribution in [0.3, 0.4) is 0 Å². The Balaban J connectivity index is 1.27. The molecular weight excluding hydrogens is 262 g/mol. The third-order valence-electron chi connectivity index (χ3n) is 6.52. The number of hydrogen-bond donors (Lipinski definition) is 0. The van der Waals surface area contributed by atoms with E-state index in [4.69, 9.17) is 4.74 Å². The van der Waals surface area contributed by atoms with E-state index < -0.39 is 0 Å². The summed E-state index contributed by atoms with van der Waals surface area (Å²) in [6.45, 7) is 4.22. The van der Waals surface area contributed by atoms with Gasteiger partial charge in [-0.25, -0.2) is 0 Å². The summed E-state index contributed by atoms with van der Waals surface area (Å²) in [5, 5.41) is 0. The highest BCUT2D eigenvalue weighted by atomic mass is 16.5. The second-order valence-corrected chi connectivity index (χ2v) is 8.24. The molecule has 0 N–H and O–H groups in total. The largest absolute Gasteiger partial charge is 0.465 e. The maximum atomic E-state index is 12.7. The molecule has 5 rings (SSSR count). The number of likely N-dealkylation sites (tertiary alicyclic amines) is 1. The monoisotopic (exact) mass is 291 g/mol. The van der Waals surface area contributed by atoms with Crippen molar-refractivity contribution in [3.8, 4) is 0 Å². The SMILES string of the molecule is O=C(OCCCN1CCCC1)C12CC3CC(CC(C3)C1)C2. The van der Waals surface area contributed by atoms with Crippen molar-refractivity contribution in [2.45, 2.75) is 57.8 Å². The zero-order chi connectivity index (χ0) is 14.3. The average Bonchev–Trinajstić information content (AvgIpc) is 2.95. The Kier molecular flexibility index (Phi) is 3.72. The van der Waals surface area contributed by atoms with Gasteiger partial charge in [0.1, 0.15) is 0 Å². The van der Waals surface area contributed by atoms with Gasteiger partial charge in [0.2, 0.25) is 0 Å². The van der Waals surface area contributed by atoms with E-state index in [0.717, 1.165) is 50.0 Å². The topological polar surface area (TPSA) is 29.5 Å². The molecule has 118 valence electrons. The van der Waals surface area contributed by atoms with Gasteiger partial charge < -0.3 is 9.64 Å². The van der Waals surface area contributed by atoms with Crippen molar-refractivity contribution in [1.82, 2.24) is 4.90 Å². The minimum Gasteiger partial charge on any atom is -0.465 e. The lowest BCUT2D eigenvalue weighted by Gasteiger charge is -2.55. The highest BCUT2D eigenvalue weighted by Gasteiger charge is 2.55. The zero-order valence-corrected chi connectivity index (χ0v) is 13.2. The van der Waals surface area contributed by atoms with Gasteiger partial charge in [0.25, 0.3) is 0 Å². The van der Waals surface area contributed by atoms with Gasteiger partial charge in [-0.2, -0.15) is 0 Å². The van der Waals surface area contributed by atoms with Crippen LogP contribution < -0.4 is 0 Å². The molecule has 0 aromatic rings. The first-order valence-electron chi connectivity index (χ1n) is 9.13. The molecule has 0 amide bonds. The lowest BCUT2D eigenvalue weighted by atomic mass is 9.49. The number of hydrogen-bond acceptors (Lipinski definition) is 3. The molecule has 3 heteroatoms. The lowest BCUT2D eigenvalue weighted by Crippen LogP contribution is -2.50. The summed E-state index contributed by atoms with van der Waals surface area (Å²) in [4.78, 5) is 15.2. The molecule has 5 aliphatic rings. The molecule has 0 aromatic carbocycles. The van der Waals surface area contributed by atoms with Gasteiger partial charge in [-0.05, 0) is 88.6 Å². The van der Waals surface area contributed by atoms with Crippen LogP contribution in [0.2, 0.25) is 0 Å². The summed E-state index contributed by atoms with van der Waals surface area (Å²) >= 11 is 0. The number of nitrogens with zero attached hydrogens (tertiary/aromatic N) is 1. The van der Waals surface area contributed by atoms with E-state index in [9.17, 15) is 4.79 Å². The molecule has 5 fully saturated rings. The molecular formula is C18H29NO2. The highest BCUT2D eigenvalue weighted by molar-refractivity contribution is 5.77. The van der Waals surface area contributed by atoms with Crippen molar-refractivity contribution < 1.29 is 9.53 Å². The fourth-order valence-corrected chi connectivity index (χ4v) is 5.97. The second-order valence-electron chi connectivity index (χ2n) is 8.24. The first-order valence-corrected chi connectivity index (χ1v) is 9.13. The van der Waals surface area contributed by atoms with Crippen LogP contribution in [0.25, 0.3) is 0 Å². The van der Waals surface area contributed by atoms with E-state index in [2.05, 4.69) is 4.90 Å². The van der Waals surface area contributed by atoms with Crippen LogP contribution in [0.5, 0.6) is 0 Å². The Morgan fingerprint density at radius 3 is 2.14 bits per heavy atom. The van der Waals surface area contributed by atoms with Crippen molar-refractivity contribution in [2.75, 3.05) is 26.2 Å². The molecule has 0 radical (unpaired) electrons. The second kappa shape index (κ2) is 5.57. The molecule has 4 aliphatic carbocycles. The Bertz CT molecular complexity index is 365. The van der Waals surface area contributed by atoms with E-state index >= 15 is 0 Å². The molecule has 0 unspecified atom stereocenters. The molecule has 4 bridgehead atoms. The fraction of sp³-hybridized carbons (Fsp3) is 0.944. The number of rotatable bonds is 5. The van der Waals surface area contributed by atoms with Gasteiger partial charge in [-0.3, -0.25) is 4.79 Å². The van der Waals surface area contributed by atoms with Gasteiger partial charge in [0.05, 0.1) is 12.0 Å². The molecule has 0 atom stereocenters. The molecule has 0 aromatic heterocycles. The van der Waals surface area contributed by atoms with Crippen LogP contribution in [0, 0.1) is 23.2 Å². The molecule has 1 aliphatic heterocycles. The Hall–Kier alpha value is -0.570. The van der Waals surface area contributed by atoms with Gasteiger partial charge in [0, 0.05) is 6.54 Å². The van der Waals surface area contributed by atoms with E-state index in [1.165, 1.54) is 45.2 Å². The van der Waals surface area contributed by atoms with E-state index in [0.29, 0.717) is 6.61 Å². The minimum absolute atomic E-state index is 0.0671. The van der Waals surface area contributed by atoms with Gasteiger partial charge >= 0.3 is 5.97 Å². The van der Waals surface area contributed by atoms with Crippen LogP contribution in [-0.2, 0) is 9.53 Å². The lowest BCUT2D eigenvalue weighted by molar-refractivity contribution is -0.171. The summed E-state index contributed by atoms with van der Waals surface area (Å²) < 4.78 is 5.72. The van der Waals surface area contributed by atoms with Crippen molar-refractivity contribution in [2.24, 2.45) is 23.2 Å². The molecule has 1 saturated heterocycles. The predicted octanol–water partition coefficient (Wildman–Crippen LogP) is 3.23. The maximum absolute atomic E-state index is 12.7. The molecule has 3 nitrogen and oxygen atoms in total. The predicted molar refractivity (Wildman–Crippen MR) is 81.9 cm³/mol. The number of carbonyl (C=O) groups excluding carboxylic acids is 1. The summed E-state index contributed by atoms with van der Waals surface area (Å²) in [6.07, 6.45) is 11.3. The Labute approximate surface area is 128 Å². The standard InChI is InChI=1S/C18H29NO2/c20-17(21-7-3-6-19-4-1-2-5-19)18-11-14-8-15(12-18)10-16(9-14)13-18/h14-16H,1-13H2. The van der Waals surface area contributed by atoms with E-state index in [1.807, 2.05) is 0 Å². The first-order chi connectivity index (χ1) is 10.2. The van der Waals surface area contributed by atoms with Crippen LogP contribution in [0.15, 0.2) is 0 Å². The summed E-state index contributed by atoms with van der Waals surface area (Å²) in [5.74, 6) is 2.64. The van der Waals surface area contributed by atoms with Crippen molar-refractivity contribution in [1.29, 1.82) is 0 Å². The van der Waals surface area contributed by atoms with Gasteiger partial charge in [-0.15, -0.1) is 0 Å². The third kappa shape index (κ3) is 2.74. The number of esters is 1. The van der Waals surface area contributed by atoms with Crippen molar-refractivity contribution >= 4 is 5.97 Å². The zero-order valence-electron chi connectivity index (χ0n) is 13.2. The van der Waals surface area contributed by atoms with E-state index in [-0.39, 0.29) is 11.4 Å². The minimum atomic E-state index is -0.0671. The number of carbonyl (C=O) groups is 1. The molecule has 4 saturated carbocycles. The molecule has 21 heavy (non-hydrogen) atoms. The Morgan fingerprint density at radius 2 is 1.57 bits per heavy atom. The van der Waals surface area contributed by atoms with Crippen molar-refractivity contribution in [3.63, 3.8) is 0 Å². The first kappa shape index (κ1) is 14.0. The Morgan fingerprint density at radius 1 is 1.00 bits per heavy atom. The normalized spacial score (nSPS) is 41.6. The van der Waals surface area contributed by atoms with Crippen LogP contribution in [0.4, 0.5) is 0 Å². The van der Waals surface area contributed by atoms with Gasteiger partial charge in [-0.1, -0.05) is 0 Å². The maximum Gasteiger partial charge on any atom is 0.312 e. The van der Waals surface area contributed by atoms with Crippen LogP contribution >= 0.6 is 0 Å². The fourth-order valence-electron chi connectivity index (χ4n) is 5.97. The quantitative estimate of drug-likeness (QED) is 0.575.